The Morgan fingerprint density at radius 3 is 2.45 bits per heavy atom. The zero-order valence-electron chi connectivity index (χ0n) is 11.5. The third-order valence-electron chi connectivity index (χ3n) is 3.57. The quantitative estimate of drug-likeness (QED) is 0.875. The van der Waals surface area contributed by atoms with Crippen molar-refractivity contribution >= 4 is 24.2 Å². The Labute approximate surface area is 124 Å². The first-order valence-corrected chi connectivity index (χ1v) is 6.47. The molecule has 0 bridgehead atoms. The van der Waals surface area contributed by atoms with Gasteiger partial charge in [-0.1, -0.05) is 6.07 Å². The Morgan fingerprint density at radius 1 is 1.25 bits per heavy atom. The zero-order valence-corrected chi connectivity index (χ0v) is 12.3. The van der Waals surface area contributed by atoms with Gasteiger partial charge >= 0.3 is 0 Å². The second-order valence-electron chi connectivity index (χ2n) is 4.84. The van der Waals surface area contributed by atoms with E-state index in [2.05, 4.69) is 5.32 Å². The molecule has 5 nitrogen and oxygen atoms in total. The summed E-state index contributed by atoms with van der Waals surface area (Å²) in [5.41, 5.74) is 6.11. The molecule has 1 aliphatic rings. The molecule has 0 radical (unpaired) electrons. The maximum Gasteiger partial charge on any atom is 0.253 e. The van der Waals surface area contributed by atoms with Crippen LogP contribution in [0.4, 0.5) is 0 Å². The molecule has 2 amide bonds. The van der Waals surface area contributed by atoms with Gasteiger partial charge in [0.05, 0.1) is 0 Å². The minimum atomic E-state index is -0.515. The number of carbonyl (C=O) groups is 2. The standard InChI is InChI=1S/C14H19N3O2.ClH/c1-17(12-5-7-16-8-6-12)14(19)11-4-2-3-10(9-11)13(15)18;/h2-4,9,12,16H,5-8H2,1H3,(H2,15,18);1H. The van der Waals surface area contributed by atoms with E-state index >= 15 is 0 Å². The van der Waals surface area contributed by atoms with Crippen LogP contribution in [0.3, 0.4) is 0 Å². The highest BCUT2D eigenvalue weighted by Gasteiger charge is 2.23. The SMILES string of the molecule is CN(C(=O)c1cccc(C(N)=O)c1)C1CCNCC1.Cl. The van der Waals surface area contributed by atoms with Crippen LogP contribution in [0.25, 0.3) is 0 Å². The zero-order chi connectivity index (χ0) is 13.8. The van der Waals surface area contributed by atoms with Gasteiger partial charge in [0.25, 0.3) is 5.91 Å². The van der Waals surface area contributed by atoms with Crippen molar-refractivity contribution in [1.29, 1.82) is 0 Å². The molecular weight excluding hydrogens is 278 g/mol. The van der Waals surface area contributed by atoms with E-state index in [0.29, 0.717) is 11.1 Å². The average Bonchev–Trinajstić information content (AvgIpc) is 2.46. The van der Waals surface area contributed by atoms with Gasteiger partial charge in [0.1, 0.15) is 0 Å². The van der Waals surface area contributed by atoms with Crippen molar-refractivity contribution in [2.24, 2.45) is 5.73 Å². The van der Waals surface area contributed by atoms with Gasteiger partial charge in [-0.25, -0.2) is 0 Å². The summed E-state index contributed by atoms with van der Waals surface area (Å²) in [5, 5.41) is 3.27. The summed E-state index contributed by atoms with van der Waals surface area (Å²) in [6, 6.07) is 6.83. The molecule has 0 aromatic heterocycles. The Hall–Kier alpha value is -1.59. The van der Waals surface area contributed by atoms with Gasteiger partial charge in [-0.05, 0) is 44.1 Å². The van der Waals surface area contributed by atoms with Crippen LogP contribution >= 0.6 is 12.4 Å². The topological polar surface area (TPSA) is 75.4 Å². The van der Waals surface area contributed by atoms with Crippen LogP contribution in [0.2, 0.25) is 0 Å². The second-order valence-corrected chi connectivity index (χ2v) is 4.84. The number of hydrogen-bond acceptors (Lipinski definition) is 3. The highest BCUT2D eigenvalue weighted by atomic mass is 35.5. The number of rotatable bonds is 3. The van der Waals surface area contributed by atoms with E-state index in [9.17, 15) is 9.59 Å². The first-order valence-electron chi connectivity index (χ1n) is 6.47. The Morgan fingerprint density at radius 2 is 1.85 bits per heavy atom. The number of nitrogens with zero attached hydrogens (tertiary/aromatic N) is 1. The number of carbonyl (C=O) groups excluding carboxylic acids is 2. The minimum absolute atomic E-state index is 0. The lowest BCUT2D eigenvalue weighted by atomic mass is 10.0. The summed E-state index contributed by atoms with van der Waals surface area (Å²) < 4.78 is 0. The predicted octanol–water partition coefficient (Wildman–Crippen LogP) is 1.03. The van der Waals surface area contributed by atoms with E-state index < -0.39 is 5.91 Å². The molecule has 6 heteroatoms. The largest absolute Gasteiger partial charge is 0.366 e. The fourth-order valence-electron chi connectivity index (χ4n) is 2.37. The molecule has 0 aliphatic carbocycles. The maximum absolute atomic E-state index is 12.4. The molecule has 20 heavy (non-hydrogen) atoms. The van der Waals surface area contributed by atoms with Gasteiger partial charge in [0.2, 0.25) is 5.91 Å². The van der Waals surface area contributed by atoms with Gasteiger partial charge in [0.15, 0.2) is 0 Å². The summed E-state index contributed by atoms with van der Waals surface area (Å²) in [7, 11) is 1.81. The number of primary amides is 1. The van der Waals surface area contributed by atoms with E-state index in [-0.39, 0.29) is 24.4 Å². The molecule has 0 saturated carbocycles. The summed E-state index contributed by atoms with van der Waals surface area (Å²) in [4.78, 5) is 25.3. The van der Waals surface area contributed by atoms with Crippen molar-refractivity contribution in [3.05, 3.63) is 35.4 Å². The number of nitrogens with two attached hydrogens (primary N) is 1. The monoisotopic (exact) mass is 297 g/mol. The number of amides is 2. The van der Waals surface area contributed by atoms with Crippen LogP contribution in [0, 0.1) is 0 Å². The van der Waals surface area contributed by atoms with Crippen LogP contribution in [-0.4, -0.2) is 42.9 Å². The normalized spacial score (nSPS) is 15.2. The van der Waals surface area contributed by atoms with E-state index in [4.69, 9.17) is 5.73 Å². The fourth-order valence-corrected chi connectivity index (χ4v) is 2.37. The third kappa shape index (κ3) is 3.71. The summed E-state index contributed by atoms with van der Waals surface area (Å²) in [6.45, 7) is 1.87. The van der Waals surface area contributed by atoms with Crippen LogP contribution in [0.15, 0.2) is 24.3 Å². The van der Waals surface area contributed by atoms with Crippen LogP contribution in [0.1, 0.15) is 33.6 Å². The van der Waals surface area contributed by atoms with Crippen LogP contribution in [-0.2, 0) is 0 Å². The lowest BCUT2D eigenvalue weighted by molar-refractivity contribution is 0.0703. The molecule has 2 rings (SSSR count). The summed E-state index contributed by atoms with van der Waals surface area (Å²) >= 11 is 0. The molecule has 0 spiro atoms. The Bertz CT molecular complexity index is 487. The van der Waals surface area contributed by atoms with Crippen molar-refractivity contribution in [3.63, 3.8) is 0 Å². The van der Waals surface area contributed by atoms with Crippen LogP contribution < -0.4 is 11.1 Å². The molecule has 110 valence electrons. The van der Waals surface area contributed by atoms with Crippen LogP contribution in [0.5, 0.6) is 0 Å². The van der Waals surface area contributed by atoms with Gasteiger partial charge in [-0.2, -0.15) is 0 Å². The molecular formula is C14H20ClN3O2. The number of benzene rings is 1. The minimum Gasteiger partial charge on any atom is -0.366 e. The van der Waals surface area contributed by atoms with E-state index in [1.807, 2.05) is 7.05 Å². The van der Waals surface area contributed by atoms with E-state index in [0.717, 1.165) is 25.9 Å². The van der Waals surface area contributed by atoms with E-state index in [1.54, 1.807) is 29.2 Å². The summed E-state index contributed by atoms with van der Waals surface area (Å²) in [6.07, 6.45) is 1.91. The number of piperidine rings is 1. The van der Waals surface area contributed by atoms with Crippen molar-refractivity contribution in [3.8, 4) is 0 Å². The Balaban J connectivity index is 0.00000200. The molecule has 1 heterocycles. The van der Waals surface area contributed by atoms with Gasteiger partial charge in [-0.3, -0.25) is 9.59 Å². The van der Waals surface area contributed by atoms with Gasteiger partial charge < -0.3 is 16.0 Å². The van der Waals surface area contributed by atoms with Crippen molar-refractivity contribution in [2.45, 2.75) is 18.9 Å². The summed E-state index contributed by atoms with van der Waals surface area (Å²) in [5.74, 6) is -0.575. The van der Waals surface area contributed by atoms with Crippen molar-refractivity contribution in [2.75, 3.05) is 20.1 Å². The molecule has 1 fully saturated rings. The predicted molar refractivity (Wildman–Crippen MR) is 80.2 cm³/mol. The lowest BCUT2D eigenvalue weighted by Crippen LogP contribution is -2.44. The maximum atomic E-state index is 12.4. The molecule has 3 N–H and O–H groups in total. The molecule has 1 aromatic carbocycles. The molecule has 0 unspecified atom stereocenters. The van der Waals surface area contributed by atoms with Crippen molar-refractivity contribution < 1.29 is 9.59 Å². The van der Waals surface area contributed by atoms with Crippen molar-refractivity contribution in [1.82, 2.24) is 10.2 Å². The highest BCUT2D eigenvalue weighted by Crippen LogP contribution is 2.14. The number of halogens is 1. The van der Waals surface area contributed by atoms with Gasteiger partial charge in [0, 0.05) is 24.2 Å². The Kier molecular flexibility index (Phi) is 5.98. The molecule has 1 aliphatic heterocycles. The number of nitrogens with one attached hydrogen (secondary N) is 1. The lowest BCUT2D eigenvalue weighted by Gasteiger charge is -2.31. The molecule has 0 atom stereocenters. The fraction of sp³-hybridized carbons (Fsp3) is 0.429. The van der Waals surface area contributed by atoms with Gasteiger partial charge in [-0.15, -0.1) is 12.4 Å². The number of hydrogen-bond donors (Lipinski definition) is 2. The second kappa shape index (κ2) is 7.26. The highest BCUT2D eigenvalue weighted by molar-refractivity contribution is 5.99. The average molecular weight is 298 g/mol. The first kappa shape index (κ1) is 16.5. The third-order valence-corrected chi connectivity index (χ3v) is 3.57. The molecule has 1 aromatic rings. The smallest absolute Gasteiger partial charge is 0.253 e. The first-order chi connectivity index (χ1) is 9.09. The van der Waals surface area contributed by atoms with E-state index in [1.165, 1.54) is 0 Å². The molecule has 1 saturated heterocycles.